The molecule has 31 heavy (non-hydrogen) atoms. The topological polar surface area (TPSA) is 94.6 Å². The van der Waals surface area contributed by atoms with Crippen molar-refractivity contribution in [3.63, 3.8) is 0 Å². The van der Waals surface area contributed by atoms with Crippen LogP contribution < -0.4 is 10.6 Å². The number of hydrogen-bond donors (Lipinski definition) is 2. The molecule has 1 fully saturated rings. The third-order valence-electron chi connectivity index (χ3n) is 5.50. The first kappa shape index (κ1) is 22.3. The molecule has 8 heteroatoms. The summed E-state index contributed by atoms with van der Waals surface area (Å²) < 4.78 is 0. The molecule has 4 amide bonds. The maximum absolute atomic E-state index is 12.7. The molecule has 1 aliphatic heterocycles. The Hall–Kier alpha value is -3.42. The summed E-state index contributed by atoms with van der Waals surface area (Å²) >= 11 is 0. The minimum atomic E-state index is -0.240. The summed E-state index contributed by atoms with van der Waals surface area (Å²) in [5.41, 5.74) is 1.73. The van der Waals surface area contributed by atoms with Crippen LogP contribution in [0.3, 0.4) is 0 Å². The first-order valence-corrected chi connectivity index (χ1v) is 10.7. The lowest BCUT2D eigenvalue weighted by atomic mass is 9.96. The van der Waals surface area contributed by atoms with E-state index in [0.29, 0.717) is 56.0 Å². The highest BCUT2D eigenvalue weighted by molar-refractivity contribution is 6.04. The number of carbonyl (C=O) groups is 3. The molecule has 2 aromatic rings. The molecule has 2 N–H and O–H groups in total. The van der Waals surface area contributed by atoms with Crippen LogP contribution in [0.5, 0.6) is 0 Å². The van der Waals surface area contributed by atoms with Crippen molar-refractivity contribution in [2.45, 2.75) is 26.7 Å². The summed E-state index contributed by atoms with van der Waals surface area (Å²) in [5, 5.41) is 5.76. The van der Waals surface area contributed by atoms with Crippen LogP contribution in [0.25, 0.3) is 0 Å². The van der Waals surface area contributed by atoms with Gasteiger partial charge in [0.15, 0.2) is 0 Å². The Balaban J connectivity index is 1.54. The van der Waals surface area contributed by atoms with E-state index in [1.807, 2.05) is 18.7 Å². The largest absolute Gasteiger partial charge is 0.326 e. The lowest BCUT2D eigenvalue weighted by Crippen LogP contribution is -2.47. The third-order valence-corrected chi connectivity index (χ3v) is 5.50. The summed E-state index contributed by atoms with van der Waals surface area (Å²) in [4.78, 5) is 45.0. The minimum absolute atomic E-state index is 0.0431. The maximum Gasteiger partial charge on any atom is 0.319 e. The number of nitrogens with zero attached hydrogens (tertiary/aromatic N) is 3. The number of benzene rings is 1. The second kappa shape index (κ2) is 10.6. The minimum Gasteiger partial charge on any atom is -0.326 e. The number of nitrogens with one attached hydrogen (secondary N) is 2. The van der Waals surface area contributed by atoms with Gasteiger partial charge in [0.2, 0.25) is 5.91 Å². The van der Waals surface area contributed by atoms with Gasteiger partial charge in [-0.05, 0) is 57.0 Å². The van der Waals surface area contributed by atoms with Gasteiger partial charge in [-0.15, -0.1) is 0 Å². The van der Waals surface area contributed by atoms with E-state index in [0.717, 1.165) is 0 Å². The van der Waals surface area contributed by atoms with Crippen molar-refractivity contribution in [2.75, 3.05) is 36.8 Å². The number of urea groups is 1. The number of aromatic nitrogens is 1. The van der Waals surface area contributed by atoms with Crippen molar-refractivity contribution in [3.05, 3.63) is 54.4 Å². The van der Waals surface area contributed by atoms with Crippen LogP contribution in [0, 0.1) is 5.92 Å². The van der Waals surface area contributed by atoms with Crippen molar-refractivity contribution >= 4 is 29.2 Å². The number of piperidine rings is 1. The van der Waals surface area contributed by atoms with E-state index >= 15 is 0 Å². The summed E-state index contributed by atoms with van der Waals surface area (Å²) in [5.74, 6) is -0.445. The molecule has 1 aliphatic rings. The standard InChI is InChI=1S/C23H29N5O3/c1-3-27(4-2)23(31)28-14-10-18(11-15-28)22(30)26-20-7-5-6-19(16-20)25-21(29)17-8-12-24-13-9-17/h5-9,12-13,16,18H,3-4,10-11,14-15H2,1-2H3,(H,25,29)(H,26,30). The zero-order valence-corrected chi connectivity index (χ0v) is 18.0. The quantitative estimate of drug-likeness (QED) is 0.744. The van der Waals surface area contributed by atoms with Gasteiger partial charge in [-0.25, -0.2) is 4.79 Å². The maximum atomic E-state index is 12.7. The highest BCUT2D eigenvalue weighted by Crippen LogP contribution is 2.22. The van der Waals surface area contributed by atoms with Crippen LogP contribution in [-0.2, 0) is 4.79 Å². The van der Waals surface area contributed by atoms with E-state index in [1.165, 1.54) is 0 Å². The van der Waals surface area contributed by atoms with Crippen molar-refractivity contribution in [3.8, 4) is 0 Å². The number of carbonyl (C=O) groups excluding carboxylic acids is 3. The van der Waals surface area contributed by atoms with Crippen molar-refractivity contribution < 1.29 is 14.4 Å². The second-order valence-corrected chi connectivity index (χ2v) is 7.48. The first-order valence-electron chi connectivity index (χ1n) is 10.7. The summed E-state index contributed by atoms with van der Waals surface area (Å²) in [6.07, 6.45) is 4.40. The molecule has 1 aromatic heterocycles. The Morgan fingerprint density at radius 2 is 1.61 bits per heavy atom. The number of likely N-dealkylation sites (tertiary alicyclic amines) is 1. The van der Waals surface area contributed by atoms with Gasteiger partial charge in [0.05, 0.1) is 0 Å². The molecule has 0 radical (unpaired) electrons. The van der Waals surface area contributed by atoms with Crippen LogP contribution in [-0.4, -0.2) is 58.8 Å². The second-order valence-electron chi connectivity index (χ2n) is 7.48. The van der Waals surface area contributed by atoms with Crippen LogP contribution >= 0.6 is 0 Å². The molecular formula is C23H29N5O3. The number of anilines is 2. The molecule has 3 rings (SSSR count). The molecule has 8 nitrogen and oxygen atoms in total. The van der Waals surface area contributed by atoms with Crippen molar-refractivity contribution in [1.82, 2.24) is 14.8 Å². The highest BCUT2D eigenvalue weighted by atomic mass is 16.2. The molecule has 164 valence electrons. The number of rotatable bonds is 6. The van der Waals surface area contributed by atoms with Gasteiger partial charge in [-0.2, -0.15) is 0 Å². The Bertz CT molecular complexity index is 906. The fourth-order valence-electron chi connectivity index (χ4n) is 3.65. The van der Waals surface area contributed by atoms with Gasteiger partial charge in [0.25, 0.3) is 5.91 Å². The summed E-state index contributed by atoms with van der Waals surface area (Å²) in [6.45, 7) is 6.46. The van der Waals surface area contributed by atoms with Gasteiger partial charge in [-0.1, -0.05) is 6.07 Å². The van der Waals surface area contributed by atoms with Crippen LogP contribution in [0.1, 0.15) is 37.0 Å². The first-order chi connectivity index (χ1) is 15.0. The highest BCUT2D eigenvalue weighted by Gasteiger charge is 2.29. The Kier molecular flexibility index (Phi) is 7.59. The molecule has 0 atom stereocenters. The molecule has 0 bridgehead atoms. The van der Waals surface area contributed by atoms with E-state index in [2.05, 4.69) is 15.6 Å². The molecule has 1 saturated heterocycles. The lowest BCUT2D eigenvalue weighted by Gasteiger charge is -2.34. The predicted molar refractivity (Wildman–Crippen MR) is 120 cm³/mol. The van der Waals surface area contributed by atoms with Crippen molar-refractivity contribution in [2.24, 2.45) is 5.92 Å². The molecular weight excluding hydrogens is 394 g/mol. The molecule has 0 spiro atoms. The lowest BCUT2D eigenvalue weighted by molar-refractivity contribution is -0.121. The van der Waals surface area contributed by atoms with E-state index in [1.54, 1.807) is 53.7 Å². The third kappa shape index (κ3) is 5.81. The number of amides is 4. The average Bonchev–Trinajstić information content (AvgIpc) is 2.80. The van der Waals surface area contributed by atoms with E-state index in [-0.39, 0.29) is 23.8 Å². The Labute approximate surface area is 182 Å². The fraction of sp³-hybridized carbons (Fsp3) is 0.391. The van der Waals surface area contributed by atoms with Crippen LogP contribution in [0.2, 0.25) is 0 Å². The van der Waals surface area contributed by atoms with Gasteiger partial charge in [0.1, 0.15) is 0 Å². The van der Waals surface area contributed by atoms with Gasteiger partial charge in [0, 0.05) is 61.4 Å². The fourth-order valence-corrected chi connectivity index (χ4v) is 3.65. The smallest absolute Gasteiger partial charge is 0.319 e. The van der Waals surface area contributed by atoms with E-state index in [9.17, 15) is 14.4 Å². The van der Waals surface area contributed by atoms with E-state index < -0.39 is 0 Å². The zero-order valence-electron chi connectivity index (χ0n) is 18.0. The van der Waals surface area contributed by atoms with Gasteiger partial charge < -0.3 is 20.4 Å². The Morgan fingerprint density at radius 3 is 2.23 bits per heavy atom. The van der Waals surface area contributed by atoms with Gasteiger partial charge >= 0.3 is 6.03 Å². The molecule has 2 heterocycles. The molecule has 0 aliphatic carbocycles. The van der Waals surface area contributed by atoms with Gasteiger partial charge in [-0.3, -0.25) is 14.6 Å². The van der Waals surface area contributed by atoms with Crippen molar-refractivity contribution in [1.29, 1.82) is 0 Å². The molecule has 0 saturated carbocycles. The SMILES string of the molecule is CCN(CC)C(=O)N1CCC(C(=O)Nc2cccc(NC(=O)c3ccncc3)c2)CC1. The number of hydrogen-bond acceptors (Lipinski definition) is 4. The average molecular weight is 424 g/mol. The normalized spacial score (nSPS) is 14.1. The Morgan fingerprint density at radius 1 is 1.00 bits per heavy atom. The zero-order chi connectivity index (χ0) is 22.2. The molecule has 1 aromatic carbocycles. The predicted octanol–water partition coefficient (Wildman–Crippen LogP) is 3.45. The monoisotopic (exact) mass is 423 g/mol. The van der Waals surface area contributed by atoms with Crippen LogP contribution in [0.15, 0.2) is 48.8 Å². The van der Waals surface area contributed by atoms with Crippen LogP contribution in [0.4, 0.5) is 16.2 Å². The number of pyridine rings is 1. The summed E-state index contributed by atoms with van der Waals surface area (Å²) in [7, 11) is 0. The summed E-state index contributed by atoms with van der Waals surface area (Å²) in [6, 6.07) is 10.4. The van der Waals surface area contributed by atoms with E-state index in [4.69, 9.17) is 0 Å². The molecule has 0 unspecified atom stereocenters.